The lowest BCUT2D eigenvalue weighted by Gasteiger charge is -2.29. The van der Waals surface area contributed by atoms with Gasteiger partial charge in [0.15, 0.2) is 11.5 Å². The molecule has 1 unspecified atom stereocenters. The molecule has 2 heterocycles. The summed E-state index contributed by atoms with van der Waals surface area (Å²) < 4.78 is 13.6. The molecule has 0 spiro atoms. The van der Waals surface area contributed by atoms with Crippen molar-refractivity contribution in [1.82, 2.24) is 14.8 Å². The first-order valence-corrected chi connectivity index (χ1v) is 16.3. The number of amides is 1. The zero-order chi connectivity index (χ0) is 32.2. The summed E-state index contributed by atoms with van der Waals surface area (Å²) in [7, 11) is 1.58. The maximum Gasteiger partial charge on any atom is 0.255 e. The molecule has 1 aromatic heterocycles. The van der Waals surface area contributed by atoms with E-state index >= 15 is 0 Å². The highest BCUT2D eigenvalue weighted by molar-refractivity contribution is 7.98. The molecule has 11 heteroatoms. The molecule has 46 heavy (non-hydrogen) atoms. The number of ether oxygens (including phenoxy) is 2. The second kappa shape index (κ2) is 13.9. The maximum atomic E-state index is 14.0. The molecule has 0 fully saturated rings. The Morgan fingerprint density at radius 1 is 0.935 bits per heavy atom. The van der Waals surface area contributed by atoms with Crippen LogP contribution in [0, 0.1) is 6.92 Å². The minimum absolute atomic E-state index is 0.259. The third-order valence-electron chi connectivity index (χ3n) is 7.51. The molecule has 234 valence electrons. The van der Waals surface area contributed by atoms with Crippen LogP contribution in [-0.2, 0) is 17.2 Å². The number of halogens is 2. The van der Waals surface area contributed by atoms with Crippen LogP contribution < -0.4 is 20.1 Å². The van der Waals surface area contributed by atoms with Crippen LogP contribution in [0.1, 0.15) is 35.2 Å². The SMILES string of the molecule is COc1cc(C2C(C(=O)Nc3cccc(C)c3)=C(C)Nc3nc(SCc4ccccc4Cl)nn32)ccc1OCc1ccccc1Cl. The van der Waals surface area contributed by atoms with E-state index in [0.29, 0.717) is 55.4 Å². The molecule has 6 rings (SSSR count). The van der Waals surface area contributed by atoms with Gasteiger partial charge in [-0.2, -0.15) is 4.98 Å². The Bertz CT molecular complexity index is 1940. The van der Waals surface area contributed by atoms with Crippen molar-refractivity contribution in [1.29, 1.82) is 0 Å². The van der Waals surface area contributed by atoms with Crippen LogP contribution in [0.4, 0.5) is 11.6 Å². The Morgan fingerprint density at radius 2 is 1.67 bits per heavy atom. The fraction of sp³-hybridized carbons (Fsp3) is 0.171. The minimum Gasteiger partial charge on any atom is -0.493 e. The summed E-state index contributed by atoms with van der Waals surface area (Å²) in [6.45, 7) is 4.12. The first kappa shape index (κ1) is 31.5. The fourth-order valence-corrected chi connectivity index (χ4v) is 6.52. The lowest BCUT2D eigenvalue weighted by Crippen LogP contribution is -2.31. The molecule has 5 aromatic rings. The first-order chi connectivity index (χ1) is 22.3. The molecule has 2 N–H and O–H groups in total. The van der Waals surface area contributed by atoms with Gasteiger partial charge in [-0.25, -0.2) is 4.68 Å². The number of thioether (sulfide) groups is 1. The van der Waals surface area contributed by atoms with E-state index in [2.05, 4.69) is 10.6 Å². The van der Waals surface area contributed by atoms with Crippen molar-refractivity contribution < 1.29 is 14.3 Å². The van der Waals surface area contributed by atoms with E-state index < -0.39 is 6.04 Å². The van der Waals surface area contributed by atoms with Gasteiger partial charge in [0, 0.05) is 32.7 Å². The van der Waals surface area contributed by atoms with Gasteiger partial charge in [0.2, 0.25) is 11.1 Å². The average molecular weight is 673 g/mol. The molecular weight excluding hydrogens is 641 g/mol. The number of carbonyl (C=O) groups is 1. The van der Waals surface area contributed by atoms with Crippen LogP contribution in [0.25, 0.3) is 0 Å². The third-order valence-corrected chi connectivity index (χ3v) is 9.14. The molecule has 0 radical (unpaired) electrons. The van der Waals surface area contributed by atoms with E-state index in [0.717, 1.165) is 22.3 Å². The van der Waals surface area contributed by atoms with Gasteiger partial charge in [-0.15, -0.1) is 5.10 Å². The Kier molecular flexibility index (Phi) is 9.53. The van der Waals surface area contributed by atoms with Crippen molar-refractivity contribution in [2.45, 2.75) is 37.4 Å². The number of hydrogen-bond donors (Lipinski definition) is 2. The highest BCUT2D eigenvalue weighted by Gasteiger charge is 2.35. The number of aromatic nitrogens is 3. The Morgan fingerprint density at radius 3 is 2.39 bits per heavy atom. The van der Waals surface area contributed by atoms with Gasteiger partial charge in [0.05, 0.1) is 12.7 Å². The highest BCUT2D eigenvalue weighted by Crippen LogP contribution is 2.40. The van der Waals surface area contributed by atoms with Crippen molar-refractivity contribution in [3.8, 4) is 11.5 Å². The van der Waals surface area contributed by atoms with E-state index in [1.54, 1.807) is 11.8 Å². The van der Waals surface area contributed by atoms with Gasteiger partial charge < -0.3 is 20.1 Å². The highest BCUT2D eigenvalue weighted by atomic mass is 35.5. The molecular formula is C35H31Cl2N5O3S. The van der Waals surface area contributed by atoms with E-state index in [4.69, 9.17) is 42.8 Å². The average Bonchev–Trinajstić information content (AvgIpc) is 3.45. The summed E-state index contributed by atoms with van der Waals surface area (Å²) >= 11 is 14.2. The van der Waals surface area contributed by atoms with Gasteiger partial charge >= 0.3 is 0 Å². The number of nitrogens with zero attached hydrogens (tertiary/aromatic N) is 3. The molecule has 0 saturated carbocycles. The quantitative estimate of drug-likeness (QED) is 0.144. The largest absolute Gasteiger partial charge is 0.493 e. The molecule has 1 amide bonds. The summed E-state index contributed by atoms with van der Waals surface area (Å²) in [6.07, 6.45) is 0. The van der Waals surface area contributed by atoms with E-state index in [1.807, 2.05) is 105 Å². The van der Waals surface area contributed by atoms with Gasteiger partial charge in [0.1, 0.15) is 12.6 Å². The van der Waals surface area contributed by atoms with Crippen molar-refractivity contribution in [2.75, 3.05) is 17.7 Å². The van der Waals surface area contributed by atoms with Crippen molar-refractivity contribution in [3.05, 3.63) is 135 Å². The predicted molar refractivity (Wildman–Crippen MR) is 184 cm³/mol. The third kappa shape index (κ3) is 6.87. The number of carbonyl (C=O) groups excluding carboxylic acids is 1. The van der Waals surface area contributed by atoms with Crippen LogP contribution in [-0.4, -0.2) is 27.8 Å². The summed E-state index contributed by atoms with van der Waals surface area (Å²) in [5.41, 5.74) is 5.51. The molecule has 1 atom stereocenters. The van der Waals surface area contributed by atoms with Gasteiger partial charge in [-0.05, 0) is 66.9 Å². The lowest BCUT2D eigenvalue weighted by atomic mass is 9.94. The van der Waals surface area contributed by atoms with Crippen LogP contribution in [0.3, 0.4) is 0 Å². The Hall–Kier alpha value is -4.44. The maximum absolute atomic E-state index is 14.0. The minimum atomic E-state index is -0.616. The van der Waals surface area contributed by atoms with Gasteiger partial charge in [-0.3, -0.25) is 4.79 Å². The zero-order valence-electron chi connectivity index (χ0n) is 25.4. The lowest BCUT2D eigenvalue weighted by molar-refractivity contribution is -0.113. The molecule has 1 aliphatic heterocycles. The monoisotopic (exact) mass is 671 g/mol. The van der Waals surface area contributed by atoms with Crippen LogP contribution >= 0.6 is 35.0 Å². The summed E-state index contributed by atoms with van der Waals surface area (Å²) in [5, 5.41) is 13.1. The van der Waals surface area contributed by atoms with Gasteiger partial charge in [-0.1, -0.05) is 89.6 Å². The molecule has 1 aliphatic rings. The molecule has 4 aromatic carbocycles. The number of aryl methyl sites for hydroxylation is 1. The van der Waals surface area contributed by atoms with Crippen molar-refractivity contribution in [2.24, 2.45) is 0 Å². The second-order valence-corrected chi connectivity index (χ2v) is 12.5. The van der Waals surface area contributed by atoms with Crippen LogP contribution in [0.2, 0.25) is 10.0 Å². The van der Waals surface area contributed by atoms with Crippen molar-refractivity contribution >= 4 is 52.5 Å². The number of hydrogen-bond acceptors (Lipinski definition) is 7. The Balaban J connectivity index is 1.35. The van der Waals surface area contributed by atoms with Crippen LogP contribution in [0.15, 0.2) is 107 Å². The van der Waals surface area contributed by atoms with Crippen molar-refractivity contribution in [3.63, 3.8) is 0 Å². The molecule has 0 saturated heterocycles. The van der Waals surface area contributed by atoms with E-state index in [9.17, 15) is 4.79 Å². The topological polar surface area (TPSA) is 90.3 Å². The first-order valence-electron chi connectivity index (χ1n) is 14.5. The van der Waals surface area contributed by atoms with E-state index in [1.165, 1.54) is 11.8 Å². The normalized spacial score (nSPS) is 14.0. The number of benzene rings is 4. The fourth-order valence-electron chi connectivity index (χ4n) is 5.22. The number of allylic oxidation sites excluding steroid dienone is 1. The number of rotatable bonds is 10. The number of nitrogens with one attached hydrogen (secondary N) is 2. The molecule has 8 nitrogen and oxygen atoms in total. The number of anilines is 2. The van der Waals surface area contributed by atoms with E-state index in [-0.39, 0.29) is 12.5 Å². The molecule has 0 bridgehead atoms. The van der Waals surface area contributed by atoms with Gasteiger partial charge in [0.25, 0.3) is 5.91 Å². The zero-order valence-corrected chi connectivity index (χ0v) is 27.7. The Labute approximate surface area is 281 Å². The predicted octanol–water partition coefficient (Wildman–Crippen LogP) is 8.70. The standard InChI is InChI=1S/C35H31Cl2N5O3S/c1-21-9-8-12-26(17-21)39-33(43)31-22(2)38-34-40-35(46-20-25-11-5-7-14-28(25)37)41-42(34)32(31)23-15-16-29(30(18-23)44-3)45-19-24-10-4-6-13-27(24)36/h4-18,32H,19-20H2,1-3H3,(H,39,43)(H,38,40,41). The second-order valence-electron chi connectivity index (χ2n) is 10.7. The summed E-state index contributed by atoms with van der Waals surface area (Å²) in [4.78, 5) is 18.8. The summed E-state index contributed by atoms with van der Waals surface area (Å²) in [5.74, 6) is 1.90. The molecule has 0 aliphatic carbocycles. The summed E-state index contributed by atoms with van der Waals surface area (Å²) in [6, 6.07) is 27.9. The number of methoxy groups -OCH3 is 1. The van der Waals surface area contributed by atoms with Crippen LogP contribution in [0.5, 0.6) is 11.5 Å². The number of fused-ring (bicyclic) bond motifs is 1. The smallest absolute Gasteiger partial charge is 0.255 e.